The molecule has 142 valence electrons. The van der Waals surface area contributed by atoms with Crippen LogP contribution in [0.3, 0.4) is 0 Å². The molecule has 0 saturated heterocycles. The van der Waals surface area contributed by atoms with E-state index in [9.17, 15) is 10.1 Å². The van der Waals surface area contributed by atoms with Crippen LogP contribution in [0.25, 0.3) is 0 Å². The van der Waals surface area contributed by atoms with Crippen LogP contribution in [0.2, 0.25) is 0 Å². The molecule has 1 heterocycles. The molecule has 2 rings (SSSR count). The lowest BCUT2D eigenvalue weighted by Crippen LogP contribution is -2.10. The Balaban J connectivity index is 2.34. The zero-order chi connectivity index (χ0) is 19.7. The van der Waals surface area contributed by atoms with Gasteiger partial charge in [-0.25, -0.2) is 9.55 Å². The van der Waals surface area contributed by atoms with Crippen LogP contribution in [-0.4, -0.2) is 14.5 Å². The first-order valence-electron chi connectivity index (χ1n) is 7.04. The Hall–Kier alpha value is -0.630. The van der Waals surface area contributed by atoms with Crippen LogP contribution in [0.5, 0.6) is 5.75 Å². The summed E-state index contributed by atoms with van der Waals surface area (Å²) in [6.45, 7) is 2.04. The number of ether oxygens (including phenoxy) is 1. The highest BCUT2D eigenvalue weighted by molar-refractivity contribution is 6.67. The summed E-state index contributed by atoms with van der Waals surface area (Å²) >= 11 is 35.5. The molecular weight excluding hydrogens is 471 g/mol. The largest absolute Gasteiger partial charge is 0.483 e. The molecule has 0 bridgehead atoms. The summed E-state index contributed by atoms with van der Waals surface area (Å²) in [7, 11) is 0. The van der Waals surface area contributed by atoms with Gasteiger partial charge in [0.2, 0.25) is 13.4 Å². The molecule has 0 spiro atoms. The molecule has 0 amide bonds. The number of alkyl halides is 6. The van der Waals surface area contributed by atoms with Gasteiger partial charge < -0.3 is 14.9 Å². The molecule has 2 aromatic rings. The summed E-state index contributed by atoms with van der Waals surface area (Å²) in [6.07, 6.45) is 1.16. The van der Waals surface area contributed by atoms with Crippen LogP contribution < -0.4 is 4.74 Å². The average molecular weight is 482 g/mol. The van der Waals surface area contributed by atoms with Gasteiger partial charge >= 0.3 is 5.82 Å². The van der Waals surface area contributed by atoms with Crippen molar-refractivity contribution in [1.82, 2.24) is 9.55 Å². The second-order valence-corrected chi connectivity index (χ2v) is 9.63. The zero-order valence-corrected chi connectivity index (χ0v) is 17.6. The molecule has 0 fully saturated rings. The molecule has 0 N–H and O–H groups in total. The minimum atomic E-state index is -1.76. The van der Waals surface area contributed by atoms with Crippen LogP contribution in [0.4, 0.5) is 5.82 Å². The monoisotopic (exact) mass is 479 g/mol. The lowest BCUT2D eigenvalue weighted by atomic mass is 10.1. The number of halogens is 6. The summed E-state index contributed by atoms with van der Waals surface area (Å²) < 4.78 is 3.53. The Kier molecular flexibility index (Phi) is 6.81. The van der Waals surface area contributed by atoms with Gasteiger partial charge in [0.1, 0.15) is 11.9 Å². The number of benzene rings is 1. The van der Waals surface area contributed by atoms with Crippen molar-refractivity contribution in [2.45, 2.75) is 27.7 Å². The molecular formula is C14H11Cl6N3O3. The van der Waals surface area contributed by atoms with E-state index in [0.29, 0.717) is 12.4 Å². The van der Waals surface area contributed by atoms with Crippen molar-refractivity contribution < 1.29 is 9.66 Å². The summed E-state index contributed by atoms with van der Waals surface area (Å²) in [4.78, 5) is 14.5. The molecule has 0 aliphatic heterocycles. The molecule has 12 heteroatoms. The fourth-order valence-electron chi connectivity index (χ4n) is 2.17. The van der Waals surface area contributed by atoms with Crippen molar-refractivity contribution in [3.8, 4) is 5.75 Å². The first-order chi connectivity index (χ1) is 11.9. The third-order valence-corrected chi connectivity index (χ3v) is 4.66. The summed E-state index contributed by atoms with van der Waals surface area (Å²) in [5, 5.41) is 11.0. The number of rotatable bonds is 5. The first kappa shape index (κ1) is 21.7. The lowest BCUT2D eigenvalue weighted by molar-refractivity contribution is -0.392. The lowest BCUT2D eigenvalue weighted by Gasteiger charge is -2.18. The third kappa shape index (κ3) is 5.21. The summed E-state index contributed by atoms with van der Waals surface area (Å²) in [6, 6.07) is 4.38. The van der Waals surface area contributed by atoms with Gasteiger partial charge in [-0.1, -0.05) is 69.6 Å². The van der Waals surface area contributed by atoms with E-state index >= 15 is 0 Å². The van der Waals surface area contributed by atoms with E-state index in [-0.39, 0.29) is 29.3 Å². The molecule has 0 aliphatic carbocycles. The van der Waals surface area contributed by atoms with E-state index in [1.807, 2.05) is 0 Å². The number of aromatic nitrogens is 2. The second kappa shape index (κ2) is 8.17. The predicted octanol–water partition coefficient (Wildman–Crippen LogP) is 6.04. The van der Waals surface area contributed by atoms with E-state index < -0.39 is 12.5 Å². The van der Waals surface area contributed by atoms with Gasteiger partial charge in [0, 0.05) is 11.1 Å². The van der Waals surface area contributed by atoms with Gasteiger partial charge in [0.25, 0.3) is 0 Å². The molecule has 1 aromatic carbocycles. The van der Waals surface area contributed by atoms with Crippen LogP contribution in [0.15, 0.2) is 24.4 Å². The van der Waals surface area contributed by atoms with E-state index in [1.165, 1.54) is 22.8 Å². The van der Waals surface area contributed by atoms with Crippen LogP contribution in [0.1, 0.15) is 23.9 Å². The van der Waals surface area contributed by atoms with Crippen molar-refractivity contribution in [3.05, 3.63) is 51.5 Å². The minimum Gasteiger partial charge on any atom is -0.483 e. The van der Waals surface area contributed by atoms with Crippen molar-refractivity contribution in [2.24, 2.45) is 0 Å². The van der Waals surface area contributed by atoms with E-state index in [1.54, 1.807) is 6.92 Å². The summed E-state index contributed by atoms with van der Waals surface area (Å²) in [5.74, 6) is 0.473. The molecule has 0 aliphatic rings. The van der Waals surface area contributed by atoms with E-state index in [2.05, 4.69) is 4.98 Å². The maximum atomic E-state index is 11.0. The van der Waals surface area contributed by atoms with Gasteiger partial charge in [-0.3, -0.25) is 0 Å². The fourth-order valence-corrected chi connectivity index (χ4v) is 2.82. The normalized spacial score (nSPS) is 12.3. The third-order valence-electron chi connectivity index (χ3n) is 3.35. The smallest absolute Gasteiger partial charge is 0.342 e. The SMILES string of the molecule is CCn1c([N+](=O)[O-])cnc1COc1cc(C(Cl)(Cl)Cl)cc(C(Cl)(Cl)Cl)c1. The van der Waals surface area contributed by atoms with Crippen LogP contribution in [0, 0.1) is 10.1 Å². The van der Waals surface area contributed by atoms with Crippen molar-refractivity contribution >= 4 is 75.4 Å². The van der Waals surface area contributed by atoms with Gasteiger partial charge in [0.05, 0.1) is 6.54 Å². The van der Waals surface area contributed by atoms with E-state index in [0.717, 1.165) is 6.20 Å². The van der Waals surface area contributed by atoms with Crippen LogP contribution in [-0.2, 0) is 20.7 Å². The Labute approximate surface area is 179 Å². The Morgan fingerprint density at radius 2 is 1.65 bits per heavy atom. The number of nitro groups is 1. The highest BCUT2D eigenvalue weighted by atomic mass is 35.6. The maximum absolute atomic E-state index is 11.0. The first-order valence-corrected chi connectivity index (χ1v) is 9.31. The molecule has 0 radical (unpaired) electrons. The molecule has 1 aromatic heterocycles. The van der Waals surface area contributed by atoms with Crippen molar-refractivity contribution in [3.63, 3.8) is 0 Å². The molecule has 0 atom stereocenters. The highest BCUT2D eigenvalue weighted by Gasteiger charge is 2.30. The minimum absolute atomic E-state index is 0.0652. The number of hydrogen-bond acceptors (Lipinski definition) is 4. The Morgan fingerprint density at radius 1 is 1.12 bits per heavy atom. The average Bonchev–Trinajstić information content (AvgIpc) is 2.94. The highest BCUT2D eigenvalue weighted by Crippen LogP contribution is 2.45. The van der Waals surface area contributed by atoms with Crippen molar-refractivity contribution in [1.29, 1.82) is 0 Å². The van der Waals surface area contributed by atoms with Gasteiger partial charge in [0.15, 0.2) is 6.61 Å². The van der Waals surface area contributed by atoms with Gasteiger partial charge in [-0.05, 0) is 30.0 Å². The quantitative estimate of drug-likeness (QED) is 0.296. The zero-order valence-electron chi connectivity index (χ0n) is 13.1. The number of nitrogens with zero attached hydrogens (tertiary/aromatic N) is 3. The topological polar surface area (TPSA) is 70.2 Å². The van der Waals surface area contributed by atoms with E-state index in [4.69, 9.17) is 74.3 Å². The van der Waals surface area contributed by atoms with Gasteiger partial charge in [-0.15, -0.1) is 0 Å². The molecule has 0 saturated carbocycles. The van der Waals surface area contributed by atoms with Gasteiger partial charge in [-0.2, -0.15) is 0 Å². The molecule has 26 heavy (non-hydrogen) atoms. The van der Waals surface area contributed by atoms with Crippen molar-refractivity contribution in [2.75, 3.05) is 0 Å². The standard InChI is InChI=1S/C14H11Cl6N3O3/c1-2-22-11(21-6-12(22)23(24)25)7-26-10-4-8(13(15,16)17)3-9(5-10)14(18,19)20/h3-6H,2,7H2,1H3. The fraction of sp³-hybridized carbons (Fsp3) is 0.357. The number of imidazole rings is 1. The predicted molar refractivity (Wildman–Crippen MR) is 104 cm³/mol. The molecule has 0 unspecified atom stereocenters. The summed E-state index contributed by atoms with van der Waals surface area (Å²) in [5.41, 5.74) is 0.484. The Morgan fingerprint density at radius 3 is 2.08 bits per heavy atom. The number of hydrogen-bond donors (Lipinski definition) is 0. The second-order valence-electron chi connectivity index (χ2n) is 5.06. The maximum Gasteiger partial charge on any atom is 0.342 e. The molecule has 6 nitrogen and oxygen atoms in total. The van der Waals surface area contributed by atoms with Crippen LogP contribution >= 0.6 is 69.6 Å². The Bertz CT molecular complexity index is 781.